The highest BCUT2D eigenvalue weighted by Crippen LogP contribution is 2.15. The van der Waals surface area contributed by atoms with Gasteiger partial charge in [0.15, 0.2) is 12.4 Å². The number of carbonyl (C=O) groups is 2. The molecule has 2 aromatic rings. The number of esters is 1. The second-order valence-corrected chi connectivity index (χ2v) is 5.18. The summed E-state index contributed by atoms with van der Waals surface area (Å²) in [6.07, 6.45) is 2.95. The first-order valence-corrected chi connectivity index (χ1v) is 6.76. The third kappa shape index (κ3) is 3.78. The lowest BCUT2D eigenvalue weighted by atomic mass is 10.0. The van der Waals surface area contributed by atoms with Gasteiger partial charge in [0.05, 0.1) is 11.8 Å². The Bertz CT molecular complexity index is 642. The number of Topliss-reactive ketones (excluding diaryl/α,β-unsaturated/α-hetero) is 1. The van der Waals surface area contributed by atoms with Gasteiger partial charge in [-0.3, -0.25) is 9.48 Å². The van der Waals surface area contributed by atoms with E-state index in [1.54, 1.807) is 25.4 Å². The molecule has 1 aromatic carbocycles. The summed E-state index contributed by atoms with van der Waals surface area (Å²) in [4.78, 5) is 23.7. The van der Waals surface area contributed by atoms with E-state index in [4.69, 9.17) is 4.74 Å². The third-order valence-corrected chi connectivity index (χ3v) is 3.17. The van der Waals surface area contributed by atoms with Crippen LogP contribution in [-0.2, 0) is 11.8 Å². The molecule has 0 saturated heterocycles. The Hall–Kier alpha value is -2.43. The van der Waals surface area contributed by atoms with Crippen LogP contribution in [0.4, 0.5) is 0 Å². The Labute approximate surface area is 123 Å². The van der Waals surface area contributed by atoms with Crippen molar-refractivity contribution in [3.8, 4) is 0 Å². The Morgan fingerprint density at radius 1 is 1.19 bits per heavy atom. The van der Waals surface area contributed by atoms with E-state index in [2.05, 4.69) is 18.9 Å². The summed E-state index contributed by atoms with van der Waals surface area (Å²) in [6, 6.07) is 7.35. The largest absolute Gasteiger partial charge is 0.454 e. The second-order valence-electron chi connectivity index (χ2n) is 5.18. The Morgan fingerprint density at radius 3 is 2.38 bits per heavy atom. The van der Waals surface area contributed by atoms with Gasteiger partial charge in [0.25, 0.3) is 0 Å². The molecule has 1 aromatic heterocycles. The summed E-state index contributed by atoms with van der Waals surface area (Å²) >= 11 is 0. The molecular formula is C16H18N2O3. The van der Waals surface area contributed by atoms with Crippen LogP contribution in [0.5, 0.6) is 0 Å². The molecule has 0 aliphatic rings. The van der Waals surface area contributed by atoms with Crippen molar-refractivity contribution in [2.75, 3.05) is 6.61 Å². The minimum Gasteiger partial charge on any atom is -0.454 e. The summed E-state index contributed by atoms with van der Waals surface area (Å²) in [5.41, 5.74) is 2.04. The molecule has 0 unspecified atom stereocenters. The zero-order valence-electron chi connectivity index (χ0n) is 12.4. The van der Waals surface area contributed by atoms with E-state index >= 15 is 0 Å². The van der Waals surface area contributed by atoms with Gasteiger partial charge in [-0.1, -0.05) is 38.1 Å². The first-order chi connectivity index (χ1) is 9.97. The topological polar surface area (TPSA) is 61.2 Å². The Balaban J connectivity index is 1.94. The van der Waals surface area contributed by atoms with Crippen molar-refractivity contribution in [2.45, 2.75) is 19.8 Å². The molecule has 0 aliphatic heterocycles. The van der Waals surface area contributed by atoms with Crippen LogP contribution in [0.3, 0.4) is 0 Å². The normalized spacial score (nSPS) is 10.7. The summed E-state index contributed by atoms with van der Waals surface area (Å²) in [5, 5.41) is 3.88. The summed E-state index contributed by atoms with van der Waals surface area (Å²) in [5.74, 6) is -0.352. The first-order valence-electron chi connectivity index (χ1n) is 6.76. The monoisotopic (exact) mass is 286 g/mol. The second kappa shape index (κ2) is 6.35. The van der Waals surface area contributed by atoms with E-state index in [1.807, 2.05) is 12.1 Å². The number of aromatic nitrogens is 2. The number of hydrogen-bond acceptors (Lipinski definition) is 4. The number of aryl methyl sites for hydroxylation is 1. The number of ether oxygens (including phenoxy) is 1. The van der Waals surface area contributed by atoms with Gasteiger partial charge in [0.2, 0.25) is 0 Å². The zero-order chi connectivity index (χ0) is 15.4. The van der Waals surface area contributed by atoms with Gasteiger partial charge in [0, 0.05) is 18.8 Å². The molecule has 110 valence electrons. The fraction of sp³-hybridized carbons (Fsp3) is 0.312. The molecule has 0 saturated carbocycles. The van der Waals surface area contributed by atoms with Gasteiger partial charge in [0.1, 0.15) is 0 Å². The number of benzene rings is 1. The highest BCUT2D eigenvalue weighted by Gasteiger charge is 2.13. The fourth-order valence-corrected chi connectivity index (χ4v) is 1.88. The van der Waals surface area contributed by atoms with E-state index in [-0.39, 0.29) is 12.4 Å². The maximum Gasteiger partial charge on any atom is 0.341 e. The average molecular weight is 286 g/mol. The molecule has 5 heteroatoms. The van der Waals surface area contributed by atoms with Crippen LogP contribution in [0.25, 0.3) is 0 Å². The lowest BCUT2D eigenvalue weighted by Gasteiger charge is -2.06. The number of hydrogen-bond donors (Lipinski definition) is 0. The van der Waals surface area contributed by atoms with Crippen LogP contribution in [0.1, 0.15) is 46.0 Å². The van der Waals surface area contributed by atoms with Crippen LogP contribution < -0.4 is 0 Å². The van der Waals surface area contributed by atoms with E-state index in [0.29, 0.717) is 17.0 Å². The predicted molar refractivity (Wildman–Crippen MR) is 78.4 cm³/mol. The van der Waals surface area contributed by atoms with Crippen molar-refractivity contribution in [3.63, 3.8) is 0 Å². The molecule has 21 heavy (non-hydrogen) atoms. The van der Waals surface area contributed by atoms with Crippen molar-refractivity contribution in [1.82, 2.24) is 9.78 Å². The van der Waals surface area contributed by atoms with Crippen molar-refractivity contribution in [2.24, 2.45) is 7.05 Å². The molecule has 0 radical (unpaired) electrons. The van der Waals surface area contributed by atoms with Gasteiger partial charge in [-0.2, -0.15) is 5.10 Å². The third-order valence-electron chi connectivity index (χ3n) is 3.17. The van der Waals surface area contributed by atoms with Crippen molar-refractivity contribution in [3.05, 3.63) is 53.3 Å². The highest BCUT2D eigenvalue weighted by atomic mass is 16.5. The molecule has 0 bridgehead atoms. The molecule has 2 rings (SSSR count). The molecule has 0 fully saturated rings. The van der Waals surface area contributed by atoms with Gasteiger partial charge in [-0.25, -0.2) is 4.79 Å². The van der Waals surface area contributed by atoms with Crippen molar-refractivity contribution in [1.29, 1.82) is 0 Å². The molecule has 0 atom stereocenters. The minimum atomic E-state index is -0.546. The van der Waals surface area contributed by atoms with E-state index < -0.39 is 5.97 Å². The molecule has 1 heterocycles. The van der Waals surface area contributed by atoms with Gasteiger partial charge in [-0.05, 0) is 11.5 Å². The highest BCUT2D eigenvalue weighted by molar-refractivity contribution is 5.99. The number of rotatable bonds is 5. The number of carbonyl (C=O) groups excluding carboxylic acids is 2. The lowest BCUT2D eigenvalue weighted by Crippen LogP contribution is -2.14. The Morgan fingerprint density at radius 2 is 1.86 bits per heavy atom. The molecular weight excluding hydrogens is 268 g/mol. The van der Waals surface area contributed by atoms with Crippen LogP contribution in [0.2, 0.25) is 0 Å². The summed E-state index contributed by atoms with van der Waals surface area (Å²) in [6.45, 7) is 3.91. The van der Waals surface area contributed by atoms with Crippen LogP contribution >= 0.6 is 0 Å². The lowest BCUT2D eigenvalue weighted by molar-refractivity contribution is 0.0474. The molecule has 0 spiro atoms. The quantitative estimate of drug-likeness (QED) is 0.626. The van der Waals surface area contributed by atoms with Crippen molar-refractivity contribution >= 4 is 11.8 Å². The van der Waals surface area contributed by atoms with Gasteiger partial charge in [-0.15, -0.1) is 0 Å². The van der Waals surface area contributed by atoms with Crippen molar-refractivity contribution < 1.29 is 14.3 Å². The zero-order valence-corrected chi connectivity index (χ0v) is 12.4. The molecule has 0 aliphatic carbocycles. The maximum absolute atomic E-state index is 12.0. The van der Waals surface area contributed by atoms with Gasteiger partial charge >= 0.3 is 5.97 Å². The minimum absolute atomic E-state index is 0.220. The van der Waals surface area contributed by atoms with Crippen LogP contribution in [0.15, 0.2) is 36.7 Å². The van der Waals surface area contributed by atoms with E-state index in [1.165, 1.54) is 16.4 Å². The van der Waals surface area contributed by atoms with Crippen LogP contribution in [0, 0.1) is 0 Å². The molecule has 5 nitrogen and oxygen atoms in total. The molecule has 0 amide bonds. The smallest absolute Gasteiger partial charge is 0.341 e. The van der Waals surface area contributed by atoms with Crippen LogP contribution in [-0.4, -0.2) is 28.1 Å². The van der Waals surface area contributed by atoms with Gasteiger partial charge < -0.3 is 4.74 Å². The Kier molecular flexibility index (Phi) is 4.52. The summed E-state index contributed by atoms with van der Waals surface area (Å²) < 4.78 is 6.50. The summed E-state index contributed by atoms with van der Waals surface area (Å²) in [7, 11) is 1.71. The predicted octanol–water partition coefficient (Wildman–Crippen LogP) is 2.58. The van der Waals surface area contributed by atoms with E-state index in [0.717, 1.165) is 0 Å². The SMILES string of the molecule is CC(C)c1ccc(C(=O)COC(=O)c2cnn(C)c2)cc1. The van der Waals surface area contributed by atoms with E-state index in [9.17, 15) is 9.59 Å². The average Bonchev–Trinajstić information content (AvgIpc) is 2.91. The maximum atomic E-state index is 12.0. The fourth-order valence-electron chi connectivity index (χ4n) is 1.88. The standard InChI is InChI=1S/C16H18N2O3/c1-11(2)12-4-6-13(7-5-12)15(19)10-21-16(20)14-8-17-18(3)9-14/h4-9,11H,10H2,1-3H3. The number of ketones is 1. The molecule has 0 N–H and O–H groups in total. The number of nitrogens with zero attached hydrogens (tertiary/aromatic N) is 2. The first kappa shape index (κ1) is 15.0.